The molecule has 1 aromatic heterocycles. The summed E-state index contributed by atoms with van der Waals surface area (Å²) in [6.07, 6.45) is 1.50. The third-order valence-corrected chi connectivity index (χ3v) is 4.25. The molecule has 4 nitrogen and oxygen atoms in total. The van der Waals surface area contributed by atoms with Gasteiger partial charge in [-0.1, -0.05) is 41.9 Å². The fraction of sp³-hybridized carbons (Fsp3) is 0. The van der Waals surface area contributed by atoms with E-state index in [9.17, 15) is 4.79 Å². The molecule has 0 fully saturated rings. The quantitative estimate of drug-likeness (QED) is 0.518. The number of H-pyrrole nitrogens is 1. The normalized spacial score (nSPS) is 11.2. The van der Waals surface area contributed by atoms with E-state index in [0.29, 0.717) is 20.8 Å². The van der Waals surface area contributed by atoms with Gasteiger partial charge in [0.1, 0.15) is 0 Å². The highest BCUT2D eigenvalue weighted by Crippen LogP contribution is 2.25. The zero-order valence-electron chi connectivity index (χ0n) is 11.3. The van der Waals surface area contributed by atoms with Gasteiger partial charge in [-0.05, 0) is 34.1 Å². The minimum Gasteiger partial charge on any atom is -0.352 e. The minimum absolute atomic E-state index is 0.295. The first-order valence-corrected chi connectivity index (χ1v) is 7.68. The number of fused-ring (bicyclic) bond motifs is 1. The molecule has 3 aromatic rings. The molecule has 0 spiro atoms. The van der Waals surface area contributed by atoms with Crippen LogP contribution in [0.25, 0.3) is 10.9 Å². The van der Waals surface area contributed by atoms with Gasteiger partial charge in [0.05, 0.1) is 22.5 Å². The highest BCUT2D eigenvalue weighted by atomic mass is 79.9. The summed E-state index contributed by atoms with van der Waals surface area (Å²) in [7, 11) is 0. The summed E-state index contributed by atoms with van der Waals surface area (Å²) >= 11 is 9.60. The lowest BCUT2D eigenvalue weighted by Crippen LogP contribution is -2.18. The van der Waals surface area contributed by atoms with Crippen molar-refractivity contribution in [1.29, 1.82) is 0 Å². The number of hydrazone groups is 1. The highest BCUT2D eigenvalue weighted by molar-refractivity contribution is 9.10. The smallest absolute Gasteiger partial charge is 0.272 e. The Balaban J connectivity index is 1.78. The number of amides is 1. The molecule has 1 heterocycles. The predicted molar refractivity (Wildman–Crippen MR) is 92.5 cm³/mol. The molecule has 0 aliphatic rings. The first-order valence-electron chi connectivity index (χ1n) is 6.51. The van der Waals surface area contributed by atoms with E-state index in [2.05, 4.69) is 31.4 Å². The van der Waals surface area contributed by atoms with Crippen LogP contribution in [0.1, 0.15) is 16.1 Å². The number of benzene rings is 2. The summed E-state index contributed by atoms with van der Waals surface area (Å²) in [5.41, 5.74) is 4.57. The first-order chi connectivity index (χ1) is 10.7. The van der Waals surface area contributed by atoms with E-state index in [-0.39, 0.29) is 5.91 Å². The van der Waals surface area contributed by atoms with Gasteiger partial charge in [-0.3, -0.25) is 4.79 Å². The molecule has 2 N–H and O–H groups in total. The van der Waals surface area contributed by atoms with Crippen LogP contribution in [0.4, 0.5) is 0 Å². The lowest BCUT2D eigenvalue weighted by molar-refractivity contribution is 0.0954. The Morgan fingerprint density at radius 1 is 1.18 bits per heavy atom. The van der Waals surface area contributed by atoms with Crippen molar-refractivity contribution in [2.24, 2.45) is 5.10 Å². The average molecular weight is 377 g/mol. The van der Waals surface area contributed by atoms with Gasteiger partial charge < -0.3 is 4.98 Å². The van der Waals surface area contributed by atoms with Crippen LogP contribution in [0.5, 0.6) is 0 Å². The van der Waals surface area contributed by atoms with Gasteiger partial charge in [-0.2, -0.15) is 5.10 Å². The topological polar surface area (TPSA) is 57.2 Å². The average Bonchev–Trinajstić information content (AvgIpc) is 2.84. The Labute approximate surface area is 140 Å². The highest BCUT2D eigenvalue weighted by Gasteiger charge is 2.09. The number of nitrogens with zero attached hydrogens (tertiary/aromatic N) is 1. The number of carbonyl (C=O) groups is 1. The predicted octanol–water partition coefficient (Wildman–Crippen LogP) is 4.35. The number of aromatic nitrogens is 1. The second kappa shape index (κ2) is 6.34. The number of carbonyl (C=O) groups excluding carboxylic acids is 1. The summed E-state index contributed by atoms with van der Waals surface area (Å²) in [5, 5.41) is 5.45. The van der Waals surface area contributed by atoms with E-state index in [1.165, 1.54) is 6.21 Å². The van der Waals surface area contributed by atoms with Gasteiger partial charge in [0.15, 0.2) is 0 Å². The van der Waals surface area contributed by atoms with Gasteiger partial charge in [0.25, 0.3) is 5.91 Å². The summed E-state index contributed by atoms with van der Waals surface area (Å²) in [6, 6.07) is 14.8. The fourth-order valence-corrected chi connectivity index (χ4v) is 2.80. The second-order valence-corrected chi connectivity index (χ2v) is 5.81. The van der Waals surface area contributed by atoms with E-state index < -0.39 is 0 Å². The molecule has 22 heavy (non-hydrogen) atoms. The van der Waals surface area contributed by atoms with E-state index in [4.69, 9.17) is 11.6 Å². The maximum Gasteiger partial charge on any atom is 0.272 e. The molecule has 0 saturated heterocycles. The van der Waals surface area contributed by atoms with Crippen LogP contribution in [0.2, 0.25) is 5.02 Å². The number of nitrogens with one attached hydrogen (secondary N) is 2. The van der Waals surface area contributed by atoms with Crippen molar-refractivity contribution in [3.8, 4) is 0 Å². The Morgan fingerprint density at radius 2 is 1.91 bits per heavy atom. The van der Waals surface area contributed by atoms with E-state index in [1.54, 1.807) is 18.2 Å². The maximum absolute atomic E-state index is 12.0. The monoisotopic (exact) mass is 375 g/mol. The van der Waals surface area contributed by atoms with Crippen molar-refractivity contribution in [1.82, 2.24) is 10.4 Å². The Kier molecular flexibility index (Phi) is 4.27. The molecule has 1 amide bonds. The largest absolute Gasteiger partial charge is 0.352 e. The van der Waals surface area contributed by atoms with Gasteiger partial charge >= 0.3 is 0 Å². The lowest BCUT2D eigenvalue weighted by atomic mass is 10.2. The number of para-hydroxylation sites is 1. The molecular weight excluding hydrogens is 366 g/mol. The molecule has 0 radical (unpaired) electrons. The number of rotatable bonds is 3. The Hall–Kier alpha value is -2.11. The van der Waals surface area contributed by atoms with Crippen LogP contribution in [-0.4, -0.2) is 17.1 Å². The summed E-state index contributed by atoms with van der Waals surface area (Å²) in [6.45, 7) is 0. The van der Waals surface area contributed by atoms with Crippen LogP contribution in [0.15, 0.2) is 58.1 Å². The van der Waals surface area contributed by atoms with Crippen molar-refractivity contribution in [2.75, 3.05) is 0 Å². The van der Waals surface area contributed by atoms with Gasteiger partial charge in [0.2, 0.25) is 0 Å². The van der Waals surface area contributed by atoms with E-state index in [1.807, 2.05) is 30.3 Å². The molecule has 0 saturated carbocycles. The second-order valence-electron chi connectivity index (χ2n) is 4.58. The number of hydrogen-bond acceptors (Lipinski definition) is 2. The number of hydrogen-bond donors (Lipinski definition) is 2. The molecule has 2 aromatic carbocycles. The molecule has 0 aliphatic heterocycles. The molecule has 110 valence electrons. The van der Waals surface area contributed by atoms with Crippen molar-refractivity contribution in [3.05, 3.63) is 69.3 Å². The molecule has 0 bridgehead atoms. The minimum atomic E-state index is -0.295. The summed E-state index contributed by atoms with van der Waals surface area (Å²) < 4.78 is 0.714. The molecule has 0 atom stereocenters. The van der Waals surface area contributed by atoms with E-state index >= 15 is 0 Å². The van der Waals surface area contributed by atoms with Crippen LogP contribution in [-0.2, 0) is 0 Å². The van der Waals surface area contributed by atoms with Crippen LogP contribution >= 0.6 is 27.5 Å². The van der Waals surface area contributed by atoms with Crippen molar-refractivity contribution < 1.29 is 4.79 Å². The Morgan fingerprint density at radius 3 is 2.68 bits per heavy atom. The third kappa shape index (κ3) is 2.91. The van der Waals surface area contributed by atoms with Gasteiger partial charge in [-0.15, -0.1) is 0 Å². The molecule has 0 aliphatic carbocycles. The van der Waals surface area contributed by atoms with Crippen molar-refractivity contribution in [2.45, 2.75) is 0 Å². The SMILES string of the molecule is O=C(N/N=C/c1[nH]c2ccccc2c1Cl)c1ccccc1Br. The standard InChI is InChI=1S/C16H11BrClN3O/c17-12-7-3-1-5-10(12)16(22)21-19-9-14-15(18)11-6-2-4-8-13(11)20-14/h1-9,20H,(H,21,22)/b19-9+. The molecule has 6 heteroatoms. The van der Waals surface area contributed by atoms with Crippen LogP contribution < -0.4 is 5.43 Å². The van der Waals surface area contributed by atoms with Crippen LogP contribution in [0.3, 0.4) is 0 Å². The zero-order valence-corrected chi connectivity index (χ0v) is 13.6. The Bertz CT molecular complexity index is 873. The van der Waals surface area contributed by atoms with Crippen LogP contribution in [0, 0.1) is 0 Å². The maximum atomic E-state index is 12.0. The molecule has 0 unspecified atom stereocenters. The van der Waals surface area contributed by atoms with Gasteiger partial charge in [0, 0.05) is 15.4 Å². The number of aromatic amines is 1. The number of halogens is 2. The molecule has 3 rings (SSSR count). The van der Waals surface area contributed by atoms with Crippen molar-refractivity contribution >= 4 is 50.6 Å². The first kappa shape index (κ1) is 14.8. The zero-order chi connectivity index (χ0) is 15.5. The third-order valence-electron chi connectivity index (χ3n) is 3.15. The summed E-state index contributed by atoms with van der Waals surface area (Å²) in [4.78, 5) is 15.2. The lowest BCUT2D eigenvalue weighted by Gasteiger charge is -2.01. The fourth-order valence-electron chi connectivity index (χ4n) is 2.08. The summed E-state index contributed by atoms with van der Waals surface area (Å²) in [5.74, 6) is -0.295. The molecular formula is C16H11BrClN3O. The van der Waals surface area contributed by atoms with E-state index in [0.717, 1.165) is 10.9 Å². The van der Waals surface area contributed by atoms with Crippen molar-refractivity contribution in [3.63, 3.8) is 0 Å². The van der Waals surface area contributed by atoms with Gasteiger partial charge in [-0.25, -0.2) is 5.43 Å².